The number of anilines is 1. The molecule has 1 aromatic heterocycles. The van der Waals surface area contributed by atoms with Gasteiger partial charge in [-0.2, -0.15) is 5.10 Å². The van der Waals surface area contributed by atoms with Gasteiger partial charge in [0, 0.05) is 18.0 Å². The number of aryl methyl sites for hydroxylation is 1. The Bertz CT molecular complexity index is 1110. The maximum Gasteiger partial charge on any atom is 0.255 e. The smallest absolute Gasteiger partial charge is 0.255 e. The van der Waals surface area contributed by atoms with E-state index in [1.54, 1.807) is 28.9 Å². The number of hydrogen-bond donors (Lipinski definition) is 1. The van der Waals surface area contributed by atoms with Gasteiger partial charge >= 0.3 is 0 Å². The fraction of sp³-hybridized carbons (Fsp3) is 0.320. The number of likely N-dealkylation sites (N-methyl/N-ethyl adjacent to an activating group) is 1. The van der Waals surface area contributed by atoms with E-state index in [1.165, 1.54) is 4.90 Å². The van der Waals surface area contributed by atoms with E-state index in [1.807, 2.05) is 44.2 Å². The molecule has 1 heterocycles. The van der Waals surface area contributed by atoms with Gasteiger partial charge in [-0.3, -0.25) is 9.59 Å². The molecule has 3 aromatic rings. The van der Waals surface area contributed by atoms with Gasteiger partial charge in [-0.05, 0) is 38.1 Å². The number of amides is 2. The molecule has 0 fully saturated rings. The van der Waals surface area contributed by atoms with Crippen LogP contribution in [0.25, 0.3) is 5.69 Å². The topological polar surface area (TPSA) is 67.2 Å². The molecule has 32 heavy (non-hydrogen) atoms. The van der Waals surface area contributed by atoms with Gasteiger partial charge < -0.3 is 10.2 Å². The standard InChI is InChI=1S/C25H29ClN4O2/c1-6-29(24(32)19-9-7-8-10-20(19)26)16-23(31)27-22-15-21(25(3,4)5)28-30(22)18-13-11-17(2)12-14-18/h7-15H,6,16H2,1-5H3,(H,27,31). The van der Waals surface area contributed by atoms with E-state index in [9.17, 15) is 9.59 Å². The van der Waals surface area contributed by atoms with E-state index in [0.717, 1.165) is 16.9 Å². The van der Waals surface area contributed by atoms with Gasteiger partial charge in [0.1, 0.15) is 12.4 Å². The molecule has 3 rings (SSSR count). The first-order valence-corrected chi connectivity index (χ1v) is 11.0. The quantitative estimate of drug-likeness (QED) is 0.556. The molecule has 6 nitrogen and oxygen atoms in total. The third kappa shape index (κ3) is 5.37. The SMILES string of the molecule is CCN(CC(=O)Nc1cc(C(C)(C)C)nn1-c1ccc(C)cc1)C(=O)c1ccccc1Cl. The number of nitrogens with zero attached hydrogens (tertiary/aromatic N) is 3. The minimum atomic E-state index is -0.305. The number of hydrogen-bond acceptors (Lipinski definition) is 3. The van der Waals surface area contributed by atoms with E-state index in [-0.39, 0.29) is 23.8 Å². The number of aromatic nitrogens is 2. The highest BCUT2D eigenvalue weighted by molar-refractivity contribution is 6.33. The Labute approximate surface area is 194 Å². The largest absolute Gasteiger partial charge is 0.330 e. The second-order valence-corrected chi connectivity index (χ2v) is 9.17. The summed E-state index contributed by atoms with van der Waals surface area (Å²) in [5, 5.41) is 8.03. The van der Waals surface area contributed by atoms with Crippen molar-refractivity contribution >= 4 is 29.2 Å². The molecule has 0 aliphatic rings. The van der Waals surface area contributed by atoms with E-state index in [4.69, 9.17) is 16.7 Å². The number of carbonyl (C=O) groups is 2. The summed E-state index contributed by atoms with van der Waals surface area (Å²) in [6.45, 7) is 10.3. The third-order valence-electron chi connectivity index (χ3n) is 5.13. The molecule has 0 saturated heterocycles. The molecule has 7 heteroatoms. The molecular formula is C25H29ClN4O2. The van der Waals surface area contributed by atoms with Crippen LogP contribution in [0.5, 0.6) is 0 Å². The van der Waals surface area contributed by atoms with Crippen molar-refractivity contribution < 1.29 is 9.59 Å². The lowest BCUT2D eigenvalue weighted by molar-refractivity contribution is -0.116. The van der Waals surface area contributed by atoms with E-state index in [0.29, 0.717) is 22.9 Å². The van der Waals surface area contributed by atoms with Crippen LogP contribution < -0.4 is 5.32 Å². The van der Waals surface area contributed by atoms with Crippen LogP contribution >= 0.6 is 11.6 Å². The maximum absolute atomic E-state index is 12.9. The normalized spacial score (nSPS) is 11.3. The van der Waals surface area contributed by atoms with Gasteiger partial charge in [-0.15, -0.1) is 0 Å². The van der Waals surface area contributed by atoms with E-state index in [2.05, 4.69) is 26.1 Å². The highest BCUT2D eigenvalue weighted by atomic mass is 35.5. The Morgan fingerprint density at radius 1 is 1.09 bits per heavy atom. The van der Waals surface area contributed by atoms with Crippen molar-refractivity contribution in [3.63, 3.8) is 0 Å². The Morgan fingerprint density at radius 2 is 1.75 bits per heavy atom. The summed E-state index contributed by atoms with van der Waals surface area (Å²) >= 11 is 6.17. The maximum atomic E-state index is 12.9. The van der Waals surface area contributed by atoms with Crippen molar-refractivity contribution in [2.75, 3.05) is 18.4 Å². The molecule has 0 spiro atoms. The van der Waals surface area contributed by atoms with Crippen molar-refractivity contribution in [2.45, 2.75) is 40.0 Å². The Hall–Kier alpha value is -3.12. The summed E-state index contributed by atoms with van der Waals surface area (Å²) in [7, 11) is 0. The van der Waals surface area contributed by atoms with Gasteiger partial charge in [0.05, 0.1) is 22.0 Å². The summed E-state index contributed by atoms with van der Waals surface area (Å²) in [6, 6.07) is 16.6. The minimum absolute atomic E-state index is 0.0928. The summed E-state index contributed by atoms with van der Waals surface area (Å²) in [5.74, 6) is -0.0262. The summed E-state index contributed by atoms with van der Waals surface area (Å²) in [5.41, 5.74) is 3.03. The van der Waals surface area contributed by atoms with Crippen LogP contribution in [0.2, 0.25) is 5.02 Å². The highest BCUT2D eigenvalue weighted by Crippen LogP contribution is 2.26. The van der Waals surface area contributed by atoms with Gasteiger partial charge in [0.25, 0.3) is 5.91 Å². The van der Waals surface area contributed by atoms with Crippen LogP contribution in [-0.4, -0.2) is 39.6 Å². The number of carbonyl (C=O) groups excluding carboxylic acids is 2. The summed E-state index contributed by atoms with van der Waals surface area (Å²) in [4.78, 5) is 27.3. The Balaban J connectivity index is 1.84. The molecule has 2 amide bonds. The van der Waals surface area contributed by atoms with Crippen LogP contribution in [0.3, 0.4) is 0 Å². The molecular weight excluding hydrogens is 424 g/mol. The second-order valence-electron chi connectivity index (χ2n) is 8.76. The predicted octanol–water partition coefficient (Wildman–Crippen LogP) is 5.23. The molecule has 0 atom stereocenters. The monoisotopic (exact) mass is 452 g/mol. The van der Waals surface area contributed by atoms with Crippen LogP contribution in [0.1, 0.15) is 49.3 Å². The number of rotatable bonds is 6. The zero-order valence-corrected chi connectivity index (χ0v) is 19.9. The van der Waals surface area contributed by atoms with Crippen molar-refractivity contribution in [3.05, 3.63) is 76.4 Å². The van der Waals surface area contributed by atoms with Crippen molar-refractivity contribution in [1.82, 2.24) is 14.7 Å². The zero-order chi connectivity index (χ0) is 23.5. The lowest BCUT2D eigenvalue weighted by atomic mass is 9.92. The van der Waals surface area contributed by atoms with E-state index >= 15 is 0 Å². The first kappa shape index (κ1) is 23.5. The van der Waals surface area contributed by atoms with Crippen LogP contribution in [0.4, 0.5) is 5.82 Å². The molecule has 2 aromatic carbocycles. The van der Waals surface area contributed by atoms with Gasteiger partial charge in [-0.1, -0.05) is 62.2 Å². The van der Waals surface area contributed by atoms with Crippen molar-refractivity contribution in [2.24, 2.45) is 0 Å². The number of benzene rings is 2. The average molecular weight is 453 g/mol. The Kier molecular flexibility index (Phi) is 7.04. The zero-order valence-electron chi connectivity index (χ0n) is 19.1. The molecule has 0 bridgehead atoms. The molecule has 1 N–H and O–H groups in total. The fourth-order valence-corrected chi connectivity index (χ4v) is 3.42. The van der Waals surface area contributed by atoms with Gasteiger partial charge in [-0.25, -0.2) is 4.68 Å². The lowest BCUT2D eigenvalue weighted by Gasteiger charge is -2.21. The average Bonchev–Trinajstić information content (AvgIpc) is 3.16. The predicted molar refractivity (Wildman–Crippen MR) is 129 cm³/mol. The molecule has 0 aliphatic carbocycles. The second kappa shape index (κ2) is 9.57. The molecule has 168 valence electrons. The van der Waals surface area contributed by atoms with Crippen LogP contribution in [0, 0.1) is 6.92 Å². The number of halogens is 1. The molecule has 0 unspecified atom stereocenters. The number of nitrogens with one attached hydrogen (secondary N) is 1. The van der Waals surface area contributed by atoms with Crippen LogP contribution in [-0.2, 0) is 10.2 Å². The van der Waals surface area contributed by atoms with Crippen molar-refractivity contribution in [1.29, 1.82) is 0 Å². The lowest BCUT2D eigenvalue weighted by Crippen LogP contribution is -2.38. The first-order chi connectivity index (χ1) is 15.1. The van der Waals surface area contributed by atoms with Gasteiger partial charge in [0.2, 0.25) is 5.91 Å². The third-order valence-corrected chi connectivity index (χ3v) is 5.46. The first-order valence-electron chi connectivity index (χ1n) is 10.6. The fourth-order valence-electron chi connectivity index (χ4n) is 3.21. The molecule has 0 aliphatic heterocycles. The summed E-state index contributed by atoms with van der Waals surface area (Å²) in [6.07, 6.45) is 0. The van der Waals surface area contributed by atoms with Crippen molar-refractivity contribution in [3.8, 4) is 5.69 Å². The molecule has 0 radical (unpaired) electrons. The molecule has 0 saturated carbocycles. The van der Waals surface area contributed by atoms with Gasteiger partial charge in [0.15, 0.2) is 0 Å². The Morgan fingerprint density at radius 3 is 2.34 bits per heavy atom. The highest BCUT2D eigenvalue weighted by Gasteiger charge is 2.23. The minimum Gasteiger partial charge on any atom is -0.330 e. The summed E-state index contributed by atoms with van der Waals surface area (Å²) < 4.78 is 1.73. The van der Waals surface area contributed by atoms with Crippen LogP contribution in [0.15, 0.2) is 54.6 Å². The van der Waals surface area contributed by atoms with E-state index < -0.39 is 0 Å².